The lowest BCUT2D eigenvalue weighted by Crippen LogP contribution is -2.21. The van der Waals surface area contributed by atoms with Gasteiger partial charge in [0.25, 0.3) is 0 Å². The Morgan fingerprint density at radius 1 is 1.03 bits per heavy atom. The summed E-state index contributed by atoms with van der Waals surface area (Å²) in [6, 6.07) is 21.3. The van der Waals surface area contributed by atoms with Gasteiger partial charge in [0, 0.05) is 23.2 Å². The van der Waals surface area contributed by atoms with E-state index in [-0.39, 0.29) is 0 Å². The molecule has 0 saturated heterocycles. The molecule has 3 N–H and O–H groups in total. The van der Waals surface area contributed by atoms with E-state index in [0.717, 1.165) is 39.2 Å². The topological polar surface area (TPSA) is 79.3 Å². The highest BCUT2D eigenvalue weighted by Crippen LogP contribution is 2.29. The van der Waals surface area contributed by atoms with E-state index in [2.05, 4.69) is 32.4 Å². The summed E-state index contributed by atoms with van der Waals surface area (Å²) in [5, 5.41) is 17.0. The molecule has 6 heteroatoms. The molecule has 0 aliphatic heterocycles. The van der Waals surface area contributed by atoms with Crippen molar-refractivity contribution in [2.24, 2.45) is 0 Å². The van der Waals surface area contributed by atoms with E-state index >= 15 is 0 Å². The first-order valence-corrected chi connectivity index (χ1v) is 10.3. The molecular weight excluding hydrogens is 400 g/mol. The quantitative estimate of drug-likeness (QED) is 0.398. The molecule has 160 valence electrons. The highest BCUT2D eigenvalue weighted by Gasteiger charge is 2.08. The molecule has 0 fully saturated rings. The highest BCUT2D eigenvalue weighted by atomic mass is 16.5. The van der Waals surface area contributed by atoms with Crippen molar-refractivity contribution in [3.8, 4) is 23.3 Å². The molecule has 6 nitrogen and oxygen atoms in total. The minimum Gasteiger partial charge on any atom is -0.457 e. The van der Waals surface area contributed by atoms with E-state index < -0.39 is 6.10 Å². The van der Waals surface area contributed by atoms with Crippen molar-refractivity contribution in [1.82, 2.24) is 15.3 Å². The van der Waals surface area contributed by atoms with Gasteiger partial charge in [-0.2, -0.15) is 0 Å². The zero-order chi connectivity index (χ0) is 22.3. The molecule has 1 unspecified atom stereocenters. The van der Waals surface area contributed by atoms with Gasteiger partial charge in [0.15, 0.2) is 0 Å². The normalized spacial score (nSPS) is 11.5. The number of aliphatic hydroxyl groups is 1. The molecule has 0 aliphatic rings. The molecule has 0 bridgehead atoms. The number of benzene rings is 3. The summed E-state index contributed by atoms with van der Waals surface area (Å²) >= 11 is 0. The lowest BCUT2D eigenvalue weighted by atomic mass is 10.1. The molecule has 1 heterocycles. The molecule has 1 atom stereocenters. The molecule has 4 rings (SSSR count). The van der Waals surface area contributed by atoms with Crippen LogP contribution in [0.1, 0.15) is 11.1 Å². The van der Waals surface area contributed by atoms with E-state index in [1.807, 2.05) is 73.7 Å². The van der Waals surface area contributed by atoms with Gasteiger partial charge in [0.2, 0.25) is 0 Å². The second-order valence-electron chi connectivity index (χ2n) is 7.32. The summed E-state index contributed by atoms with van der Waals surface area (Å²) in [7, 11) is 1.78. The maximum Gasteiger partial charge on any atom is 0.141 e. The van der Waals surface area contributed by atoms with E-state index in [1.54, 1.807) is 7.05 Å². The number of rotatable bonds is 6. The number of aromatic nitrogens is 2. The molecule has 0 spiro atoms. The number of ether oxygens (including phenoxy) is 1. The van der Waals surface area contributed by atoms with Gasteiger partial charge in [-0.15, -0.1) is 0 Å². The summed E-state index contributed by atoms with van der Waals surface area (Å²) < 4.78 is 5.97. The zero-order valence-corrected chi connectivity index (χ0v) is 18.0. The predicted octanol–water partition coefficient (Wildman–Crippen LogP) is 4.41. The molecular formula is C26H24N4O2. The number of nitrogens with one attached hydrogen (secondary N) is 2. The van der Waals surface area contributed by atoms with Gasteiger partial charge < -0.3 is 20.5 Å². The number of likely N-dealkylation sites (N-methyl/N-ethyl adjacent to an activating group) is 1. The summed E-state index contributed by atoms with van der Waals surface area (Å²) in [5.41, 5.74) is 3.49. The van der Waals surface area contributed by atoms with Crippen molar-refractivity contribution in [3.05, 3.63) is 84.2 Å². The number of hydrogen-bond acceptors (Lipinski definition) is 6. The molecule has 4 aromatic rings. The summed E-state index contributed by atoms with van der Waals surface area (Å²) in [4.78, 5) is 8.78. The Morgan fingerprint density at radius 3 is 2.66 bits per heavy atom. The minimum absolute atomic E-state index is 0.416. The van der Waals surface area contributed by atoms with Crippen LogP contribution in [0.25, 0.3) is 10.9 Å². The third-order valence-electron chi connectivity index (χ3n) is 4.82. The summed E-state index contributed by atoms with van der Waals surface area (Å²) in [6.07, 6.45) is 0.812. The van der Waals surface area contributed by atoms with Gasteiger partial charge in [0.1, 0.15) is 29.7 Å². The lowest BCUT2D eigenvalue weighted by molar-refractivity contribution is 0.231. The first-order valence-electron chi connectivity index (χ1n) is 10.3. The fourth-order valence-corrected chi connectivity index (χ4v) is 3.24. The van der Waals surface area contributed by atoms with Gasteiger partial charge in [-0.25, -0.2) is 9.97 Å². The fraction of sp³-hybridized carbons (Fsp3) is 0.154. The third kappa shape index (κ3) is 5.22. The molecule has 0 saturated carbocycles. The highest BCUT2D eigenvalue weighted by molar-refractivity contribution is 5.91. The van der Waals surface area contributed by atoms with Crippen LogP contribution in [0.15, 0.2) is 73.1 Å². The standard InChI is InChI=1S/C26H24N4O2/c1-18-14-20(10-13-25(18)32-22-6-4-3-5-7-22)30-26-23-15-19(8-11-21(31)16-27-2)9-12-24(23)28-17-29-26/h3-7,9-10,12-15,17,21,27,31H,16H2,1-2H3,(H,28,29,30). The maximum atomic E-state index is 9.83. The van der Waals surface area contributed by atoms with Crippen molar-refractivity contribution < 1.29 is 9.84 Å². The number of aryl methyl sites for hydroxylation is 1. The zero-order valence-electron chi connectivity index (χ0n) is 18.0. The largest absolute Gasteiger partial charge is 0.457 e. The second-order valence-corrected chi connectivity index (χ2v) is 7.32. The Labute approximate surface area is 187 Å². The van der Waals surface area contributed by atoms with Crippen LogP contribution < -0.4 is 15.4 Å². The van der Waals surface area contributed by atoms with Gasteiger partial charge in [-0.3, -0.25) is 0 Å². The Morgan fingerprint density at radius 2 is 1.88 bits per heavy atom. The SMILES string of the molecule is CNCC(O)C#Cc1ccc2ncnc(Nc3ccc(Oc4ccccc4)c(C)c3)c2c1. The number of fused-ring (bicyclic) bond motifs is 1. The first kappa shape index (κ1) is 21.3. The smallest absolute Gasteiger partial charge is 0.141 e. The average Bonchev–Trinajstić information content (AvgIpc) is 2.81. The summed E-state index contributed by atoms with van der Waals surface area (Å²) in [6.45, 7) is 2.42. The molecule has 0 aliphatic carbocycles. The van der Waals surface area contributed by atoms with Crippen LogP contribution in [0.5, 0.6) is 11.5 Å². The van der Waals surface area contributed by atoms with Crippen LogP contribution in [0.3, 0.4) is 0 Å². The lowest BCUT2D eigenvalue weighted by Gasteiger charge is -2.12. The Bertz CT molecular complexity index is 1280. The van der Waals surface area contributed by atoms with Gasteiger partial charge >= 0.3 is 0 Å². The second kappa shape index (κ2) is 9.92. The number of aliphatic hydroxyl groups excluding tert-OH is 1. The van der Waals surface area contributed by atoms with Gasteiger partial charge in [0.05, 0.1) is 5.52 Å². The molecule has 32 heavy (non-hydrogen) atoms. The van der Waals surface area contributed by atoms with E-state index in [9.17, 15) is 5.11 Å². The molecule has 0 radical (unpaired) electrons. The van der Waals surface area contributed by atoms with Crippen LogP contribution in [0, 0.1) is 18.8 Å². The van der Waals surface area contributed by atoms with Crippen molar-refractivity contribution in [2.75, 3.05) is 18.9 Å². The van der Waals surface area contributed by atoms with Crippen molar-refractivity contribution in [1.29, 1.82) is 0 Å². The molecule has 0 amide bonds. The fourth-order valence-electron chi connectivity index (χ4n) is 3.24. The van der Waals surface area contributed by atoms with E-state index in [1.165, 1.54) is 6.33 Å². The number of anilines is 2. The maximum absolute atomic E-state index is 9.83. The van der Waals surface area contributed by atoms with Crippen LogP contribution in [-0.2, 0) is 0 Å². The number of nitrogens with zero attached hydrogens (tertiary/aromatic N) is 2. The number of hydrogen-bond donors (Lipinski definition) is 3. The van der Waals surface area contributed by atoms with Crippen LogP contribution >= 0.6 is 0 Å². The summed E-state index contributed by atoms with van der Waals surface area (Å²) in [5.74, 6) is 8.13. The third-order valence-corrected chi connectivity index (χ3v) is 4.82. The van der Waals surface area contributed by atoms with E-state index in [4.69, 9.17) is 4.74 Å². The van der Waals surface area contributed by atoms with Crippen LogP contribution in [0.4, 0.5) is 11.5 Å². The Hall–Kier alpha value is -3.92. The van der Waals surface area contributed by atoms with Gasteiger partial charge in [-0.05, 0) is 68.1 Å². The predicted molar refractivity (Wildman–Crippen MR) is 127 cm³/mol. The van der Waals surface area contributed by atoms with Crippen molar-refractivity contribution >= 4 is 22.4 Å². The van der Waals surface area contributed by atoms with Crippen molar-refractivity contribution in [3.63, 3.8) is 0 Å². The van der Waals surface area contributed by atoms with Gasteiger partial charge in [-0.1, -0.05) is 30.0 Å². The monoisotopic (exact) mass is 424 g/mol. The van der Waals surface area contributed by atoms with Crippen molar-refractivity contribution in [2.45, 2.75) is 13.0 Å². The van der Waals surface area contributed by atoms with Crippen LogP contribution in [0.2, 0.25) is 0 Å². The molecule has 1 aromatic heterocycles. The Balaban J connectivity index is 1.58. The molecule has 3 aromatic carbocycles. The van der Waals surface area contributed by atoms with Crippen LogP contribution in [-0.4, -0.2) is 34.8 Å². The first-order chi connectivity index (χ1) is 15.6. The van der Waals surface area contributed by atoms with E-state index in [0.29, 0.717) is 12.4 Å². The number of para-hydroxylation sites is 1. The minimum atomic E-state index is -0.722. The Kier molecular flexibility index (Phi) is 6.61. The average molecular weight is 425 g/mol.